The van der Waals surface area contributed by atoms with Crippen LogP contribution in [0.3, 0.4) is 0 Å². The summed E-state index contributed by atoms with van der Waals surface area (Å²) in [6, 6.07) is 15.6. The monoisotopic (exact) mass is 441 g/mol. The molecule has 6 nitrogen and oxygen atoms in total. The number of benzene rings is 2. The highest BCUT2D eigenvalue weighted by Gasteiger charge is 2.19. The molecule has 3 N–H and O–H groups in total. The minimum absolute atomic E-state index is 0.0698. The summed E-state index contributed by atoms with van der Waals surface area (Å²) in [4.78, 5) is 31.5. The molecule has 0 radical (unpaired) electrons. The van der Waals surface area contributed by atoms with Gasteiger partial charge in [-0.05, 0) is 66.3 Å². The highest BCUT2D eigenvalue weighted by atomic mass is 16.4. The number of hydrogen-bond acceptors (Lipinski definition) is 3. The minimum atomic E-state index is -0.826. The summed E-state index contributed by atoms with van der Waals surface area (Å²) in [6.45, 7) is 4.10. The van der Waals surface area contributed by atoms with E-state index in [1.165, 1.54) is 5.56 Å². The Bertz CT molecular complexity index is 1290. The molecule has 0 aliphatic carbocycles. The topological polar surface area (TPSA) is 95.1 Å². The SMILES string of the molecule is Cc1ccc(C(NC(=O)Cc2ccc3[nH]cc(CCC(=O)O)c3c2)c2cccnc2)c(C)c1. The highest BCUT2D eigenvalue weighted by molar-refractivity contribution is 5.86. The zero-order chi connectivity index (χ0) is 23.4. The average Bonchev–Trinajstić information content (AvgIpc) is 3.19. The van der Waals surface area contributed by atoms with E-state index >= 15 is 0 Å². The lowest BCUT2D eigenvalue weighted by molar-refractivity contribution is -0.137. The van der Waals surface area contributed by atoms with Gasteiger partial charge in [0.15, 0.2) is 0 Å². The Balaban J connectivity index is 1.57. The van der Waals surface area contributed by atoms with Gasteiger partial charge in [0.1, 0.15) is 0 Å². The summed E-state index contributed by atoms with van der Waals surface area (Å²) in [7, 11) is 0. The van der Waals surface area contributed by atoms with Gasteiger partial charge in [0.25, 0.3) is 0 Å². The lowest BCUT2D eigenvalue weighted by atomic mass is 9.94. The van der Waals surface area contributed by atoms with Crippen molar-refractivity contribution in [3.63, 3.8) is 0 Å². The van der Waals surface area contributed by atoms with Crippen LogP contribution in [0.1, 0.15) is 45.8 Å². The number of carboxylic acid groups (broad SMARTS) is 1. The van der Waals surface area contributed by atoms with Gasteiger partial charge in [-0.3, -0.25) is 14.6 Å². The molecule has 0 saturated heterocycles. The van der Waals surface area contributed by atoms with Crippen LogP contribution in [-0.4, -0.2) is 27.0 Å². The maximum Gasteiger partial charge on any atom is 0.303 e. The second kappa shape index (κ2) is 9.69. The van der Waals surface area contributed by atoms with Gasteiger partial charge in [-0.25, -0.2) is 0 Å². The number of carboxylic acids is 1. The Morgan fingerprint density at radius 1 is 1.12 bits per heavy atom. The summed E-state index contributed by atoms with van der Waals surface area (Å²) >= 11 is 0. The molecule has 4 rings (SSSR count). The van der Waals surface area contributed by atoms with Crippen molar-refractivity contribution >= 4 is 22.8 Å². The van der Waals surface area contributed by atoms with Gasteiger partial charge >= 0.3 is 5.97 Å². The smallest absolute Gasteiger partial charge is 0.303 e. The van der Waals surface area contributed by atoms with Crippen molar-refractivity contribution in [3.05, 3.63) is 101 Å². The predicted octanol–water partition coefficient (Wildman–Crippen LogP) is 4.65. The van der Waals surface area contributed by atoms with E-state index in [0.717, 1.165) is 38.7 Å². The second-order valence-corrected chi connectivity index (χ2v) is 8.41. The number of nitrogens with zero attached hydrogens (tertiary/aromatic N) is 1. The number of carbonyl (C=O) groups excluding carboxylic acids is 1. The fourth-order valence-corrected chi connectivity index (χ4v) is 4.22. The van der Waals surface area contributed by atoms with Crippen molar-refractivity contribution in [3.8, 4) is 0 Å². The third kappa shape index (κ3) is 5.29. The lowest BCUT2D eigenvalue weighted by Gasteiger charge is -2.22. The van der Waals surface area contributed by atoms with E-state index in [-0.39, 0.29) is 24.8 Å². The largest absolute Gasteiger partial charge is 0.481 e. The molecule has 1 unspecified atom stereocenters. The molecule has 0 aliphatic heterocycles. The van der Waals surface area contributed by atoms with E-state index in [1.54, 1.807) is 12.4 Å². The number of amides is 1. The molecular weight excluding hydrogens is 414 g/mol. The first-order valence-electron chi connectivity index (χ1n) is 11.0. The van der Waals surface area contributed by atoms with Crippen LogP contribution in [0.25, 0.3) is 10.9 Å². The summed E-state index contributed by atoms with van der Waals surface area (Å²) in [6.07, 6.45) is 6.08. The summed E-state index contributed by atoms with van der Waals surface area (Å²) in [5.74, 6) is -0.918. The molecule has 0 fully saturated rings. The molecule has 168 valence electrons. The quantitative estimate of drug-likeness (QED) is 0.371. The highest BCUT2D eigenvalue weighted by Crippen LogP contribution is 2.26. The first kappa shape index (κ1) is 22.3. The van der Waals surface area contributed by atoms with Crippen LogP contribution in [0.15, 0.2) is 67.1 Å². The van der Waals surface area contributed by atoms with E-state index in [0.29, 0.717) is 6.42 Å². The maximum absolute atomic E-state index is 13.1. The van der Waals surface area contributed by atoms with Crippen LogP contribution in [0.5, 0.6) is 0 Å². The van der Waals surface area contributed by atoms with Gasteiger partial charge < -0.3 is 15.4 Å². The molecule has 2 heterocycles. The van der Waals surface area contributed by atoms with Crippen LogP contribution in [0, 0.1) is 13.8 Å². The van der Waals surface area contributed by atoms with Gasteiger partial charge in [0.05, 0.1) is 12.5 Å². The number of H-pyrrole nitrogens is 1. The number of aromatic nitrogens is 2. The van der Waals surface area contributed by atoms with Crippen LogP contribution in [0.4, 0.5) is 0 Å². The molecule has 6 heteroatoms. The summed E-state index contributed by atoms with van der Waals surface area (Å²) in [5, 5.41) is 13.1. The zero-order valence-electron chi connectivity index (χ0n) is 18.8. The van der Waals surface area contributed by atoms with Crippen LogP contribution < -0.4 is 5.32 Å². The third-order valence-electron chi connectivity index (χ3n) is 5.86. The van der Waals surface area contributed by atoms with Crippen LogP contribution in [-0.2, 0) is 22.4 Å². The first-order chi connectivity index (χ1) is 15.9. The number of carbonyl (C=O) groups is 2. The van der Waals surface area contributed by atoms with Crippen molar-refractivity contribution in [1.82, 2.24) is 15.3 Å². The van der Waals surface area contributed by atoms with Crippen LogP contribution >= 0.6 is 0 Å². The predicted molar refractivity (Wildman–Crippen MR) is 128 cm³/mol. The Morgan fingerprint density at radius 2 is 1.97 bits per heavy atom. The molecule has 33 heavy (non-hydrogen) atoms. The van der Waals surface area contributed by atoms with Crippen molar-refractivity contribution in [2.45, 2.75) is 39.2 Å². The number of nitrogens with one attached hydrogen (secondary N) is 2. The molecule has 1 amide bonds. The van der Waals surface area contributed by atoms with Gasteiger partial charge in [-0.2, -0.15) is 0 Å². The van der Waals surface area contributed by atoms with Gasteiger partial charge in [-0.15, -0.1) is 0 Å². The number of aromatic amines is 1. The Morgan fingerprint density at radius 3 is 2.70 bits per heavy atom. The summed E-state index contributed by atoms with van der Waals surface area (Å²) < 4.78 is 0. The van der Waals surface area contributed by atoms with Gasteiger partial charge in [-0.1, -0.05) is 35.9 Å². The molecule has 2 aromatic heterocycles. The first-order valence-corrected chi connectivity index (χ1v) is 11.0. The Hall–Kier alpha value is -3.93. The minimum Gasteiger partial charge on any atom is -0.481 e. The molecule has 0 bridgehead atoms. The number of fused-ring (bicyclic) bond motifs is 1. The van der Waals surface area contributed by atoms with Crippen LogP contribution in [0.2, 0.25) is 0 Å². The number of aryl methyl sites for hydroxylation is 3. The Labute approximate surface area is 192 Å². The van der Waals surface area contributed by atoms with E-state index in [9.17, 15) is 9.59 Å². The standard InChI is InChI=1S/C27H27N3O3/c1-17-5-8-22(18(2)12-17)27(21-4-3-11-28-15-21)30-25(31)14-19-6-9-24-23(13-19)20(16-29-24)7-10-26(32)33/h3-6,8-9,11-13,15-16,27,29H,7,10,14H2,1-2H3,(H,30,31)(H,32,33). The molecule has 1 atom stereocenters. The lowest BCUT2D eigenvalue weighted by Crippen LogP contribution is -2.31. The maximum atomic E-state index is 13.1. The zero-order valence-corrected chi connectivity index (χ0v) is 18.8. The fourth-order valence-electron chi connectivity index (χ4n) is 4.22. The molecular formula is C27H27N3O3. The second-order valence-electron chi connectivity index (χ2n) is 8.41. The van der Waals surface area contributed by atoms with Crippen molar-refractivity contribution in [2.75, 3.05) is 0 Å². The number of hydrogen-bond donors (Lipinski definition) is 3. The van der Waals surface area contributed by atoms with E-state index in [4.69, 9.17) is 5.11 Å². The molecule has 0 saturated carbocycles. The van der Waals surface area contributed by atoms with Gasteiger partial charge in [0.2, 0.25) is 5.91 Å². The van der Waals surface area contributed by atoms with E-state index in [1.807, 2.05) is 36.5 Å². The Kier molecular flexibility index (Phi) is 6.54. The molecule has 0 spiro atoms. The normalized spacial score (nSPS) is 11.9. The average molecular weight is 442 g/mol. The van der Waals surface area contributed by atoms with Crippen molar-refractivity contribution in [2.24, 2.45) is 0 Å². The number of rotatable bonds is 8. The van der Waals surface area contributed by atoms with E-state index < -0.39 is 5.97 Å². The molecule has 4 aromatic rings. The number of pyridine rings is 1. The van der Waals surface area contributed by atoms with Crippen molar-refractivity contribution < 1.29 is 14.7 Å². The molecule has 2 aromatic carbocycles. The third-order valence-corrected chi connectivity index (χ3v) is 5.86. The van der Waals surface area contributed by atoms with Crippen molar-refractivity contribution in [1.29, 1.82) is 0 Å². The number of aliphatic carboxylic acids is 1. The van der Waals surface area contributed by atoms with E-state index in [2.05, 4.69) is 47.3 Å². The fraction of sp³-hybridized carbons (Fsp3) is 0.222. The molecule has 0 aliphatic rings. The summed E-state index contributed by atoms with van der Waals surface area (Å²) in [5.41, 5.74) is 7.00. The van der Waals surface area contributed by atoms with Gasteiger partial charge in [0, 0.05) is 35.9 Å².